The van der Waals surface area contributed by atoms with E-state index in [2.05, 4.69) is 0 Å². The van der Waals surface area contributed by atoms with Gasteiger partial charge in [-0.25, -0.2) is 13.2 Å². The third-order valence-corrected chi connectivity index (χ3v) is 3.79. The molecule has 0 bridgehead atoms. The topological polar surface area (TPSA) is 0 Å². The average molecular weight is 299 g/mol. The van der Waals surface area contributed by atoms with Gasteiger partial charge in [-0.05, 0) is 49.1 Å². The highest BCUT2D eigenvalue weighted by molar-refractivity contribution is 6.22. The molecule has 20 heavy (non-hydrogen) atoms. The fourth-order valence-electron chi connectivity index (χ4n) is 2.18. The van der Waals surface area contributed by atoms with E-state index in [1.165, 1.54) is 6.07 Å². The Balaban J connectivity index is 2.51. The molecule has 0 N–H and O–H groups in total. The highest BCUT2D eigenvalue weighted by atomic mass is 35.5. The predicted molar refractivity (Wildman–Crippen MR) is 74.7 cm³/mol. The molecule has 0 aliphatic rings. The third kappa shape index (κ3) is 2.68. The zero-order valence-electron chi connectivity index (χ0n) is 11.4. The second-order valence-electron chi connectivity index (χ2n) is 4.95. The van der Waals surface area contributed by atoms with Gasteiger partial charge in [-0.2, -0.15) is 0 Å². The predicted octanol–water partition coefficient (Wildman–Crippen LogP) is 5.36. The first-order chi connectivity index (χ1) is 9.31. The maximum atomic E-state index is 13.8. The molecule has 2 aromatic rings. The first-order valence-electron chi connectivity index (χ1n) is 6.17. The fraction of sp³-hybridized carbons (Fsp3) is 0.250. The van der Waals surface area contributed by atoms with Crippen LogP contribution in [0.3, 0.4) is 0 Å². The molecule has 0 nitrogen and oxygen atoms in total. The van der Waals surface area contributed by atoms with E-state index < -0.39 is 17.0 Å². The van der Waals surface area contributed by atoms with Crippen LogP contribution in [0.15, 0.2) is 24.3 Å². The van der Waals surface area contributed by atoms with Crippen LogP contribution in [-0.4, -0.2) is 0 Å². The lowest BCUT2D eigenvalue weighted by Crippen LogP contribution is -2.02. The van der Waals surface area contributed by atoms with Crippen LogP contribution in [0.2, 0.25) is 0 Å². The Hall–Kier alpha value is -1.48. The van der Waals surface area contributed by atoms with Crippen molar-refractivity contribution >= 4 is 11.6 Å². The summed E-state index contributed by atoms with van der Waals surface area (Å²) in [4.78, 5) is 0. The van der Waals surface area contributed by atoms with E-state index in [4.69, 9.17) is 11.6 Å². The Morgan fingerprint density at radius 3 is 1.90 bits per heavy atom. The Kier molecular flexibility index (Phi) is 4.09. The van der Waals surface area contributed by atoms with Gasteiger partial charge in [0.15, 0.2) is 0 Å². The number of rotatable bonds is 2. The van der Waals surface area contributed by atoms with Crippen molar-refractivity contribution in [3.63, 3.8) is 0 Å². The smallest absolute Gasteiger partial charge is 0.131 e. The van der Waals surface area contributed by atoms with E-state index in [1.807, 2.05) is 0 Å². The Morgan fingerprint density at radius 1 is 0.800 bits per heavy atom. The average Bonchev–Trinajstić information content (AvgIpc) is 2.38. The summed E-state index contributed by atoms with van der Waals surface area (Å²) in [6, 6.07) is 5.37. The Morgan fingerprint density at radius 2 is 1.35 bits per heavy atom. The number of halogens is 4. The third-order valence-electron chi connectivity index (χ3n) is 3.30. The number of alkyl halides is 1. The van der Waals surface area contributed by atoms with Crippen LogP contribution in [0.5, 0.6) is 0 Å². The molecular formula is C16H14ClF3. The largest absolute Gasteiger partial charge is 0.207 e. The van der Waals surface area contributed by atoms with Crippen molar-refractivity contribution in [1.29, 1.82) is 0 Å². The molecule has 0 saturated heterocycles. The fourth-order valence-corrected chi connectivity index (χ4v) is 2.47. The van der Waals surface area contributed by atoms with Crippen LogP contribution in [0, 0.1) is 38.2 Å². The van der Waals surface area contributed by atoms with E-state index in [0.717, 1.165) is 6.07 Å². The Bertz CT molecular complexity index is 642. The van der Waals surface area contributed by atoms with Crippen LogP contribution < -0.4 is 0 Å². The van der Waals surface area contributed by atoms with Gasteiger partial charge in [0.05, 0.1) is 5.38 Å². The van der Waals surface area contributed by atoms with Crippen LogP contribution in [-0.2, 0) is 0 Å². The minimum absolute atomic E-state index is 0.191. The first kappa shape index (κ1) is 14.9. The van der Waals surface area contributed by atoms with Gasteiger partial charge in [0.25, 0.3) is 0 Å². The first-order valence-corrected chi connectivity index (χ1v) is 6.61. The molecule has 2 aromatic carbocycles. The molecule has 0 aliphatic heterocycles. The summed E-state index contributed by atoms with van der Waals surface area (Å²) >= 11 is 6.27. The van der Waals surface area contributed by atoms with Gasteiger partial charge in [-0.15, -0.1) is 11.6 Å². The molecule has 2 rings (SSSR count). The van der Waals surface area contributed by atoms with Gasteiger partial charge < -0.3 is 0 Å². The molecule has 0 saturated carbocycles. The maximum Gasteiger partial charge on any atom is 0.131 e. The number of hydrogen-bond acceptors (Lipinski definition) is 0. The summed E-state index contributed by atoms with van der Waals surface area (Å²) in [6.07, 6.45) is 0. The molecule has 0 fully saturated rings. The van der Waals surface area contributed by atoms with E-state index in [9.17, 15) is 13.2 Å². The molecular weight excluding hydrogens is 285 g/mol. The molecule has 1 atom stereocenters. The summed E-state index contributed by atoms with van der Waals surface area (Å²) in [5, 5.41) is -0.785. The monoisotopic (exact) mass is 298 g/mol. The van der Waals surface area contributed by atoms with Crippen LogP contribution >= 0.6 is 11.6 Å². The minimum Gasteiger partial charge on any atom is -0.207 e. The summed E-state index contributed by atoms with van der Waals surface area (Å²) in [7, 11) is 0. The lowest BCUT2D eigenvalue weighted by Gasteiger charge is -2.15. The van der Waals surface area contributed by atoms with E-state index in [0.29, 0.717) is 22.3 Å². The van der Waals surface area contributed by atoms with Crippen molar-refractivity contribution in [2.75, 3.05) is 0 Å². The second kappa shape index (κ2) is 5.49. The summed E-state index contributed by atoms with van der Waals surface area (Å²) < 4.78 is 40.7. The van der Waals surface area contributed by atoms with Gasteiger partial charge in [0.1, 0.15) is 17.5 Å². The standard InChI is InChI=1S/C16H14ClF3/c1-8-6-12(14(19)7-13(8)18)15(17)11-4-9(2)16(20)10(3)5-11/h4-7,15H,1-3H3. The normalized spacial score (nSPS) is 12.6. The maximum absolute atomic E-state index is 13.8. The van der Waals surface area contributed by atoms with Gasteiger partial charge >= 0.3 is 0 Å². The van der Waals surface area contributed by atoms with Crippen LogP contribution in [0.4, 0.5) is 13.2 Å². The molecule has 4 heteroatoms. The van der Waals surface area contributed by atoms with Crippen LogP contribution in [0.1, 0.15) is 33.2 Å². The summed E-state index contributed by atoms with van der Waals surface area (Å²) in [5.41, 5.74) is 2.00. The van der Waals surface area contributed by atoms with E-state index in [1.54, 1.807) is 32.9 Å². The van der Waals surface area contributed by atoms with Crippen molar-refractivity contribution in [2.24, 2.45) is 0 Å². The molecule has 0 aromatic heterocycles. The molecule has 0 heterocycles. The number of benzene rings is 2. The van der Waals surface area contributed by atoms with E-state index >= 15 is 0 Å². The molecule has 0 spiro atoms. The highest BCUT2D eigenvalue weighted by Crippen LogP contribution is 2.33. The van der Waals surface area contributed by atoms with Gasteiger partial charge in [-0.1, -0.05) is 12.1 Å². The van der Waals surface area contributed by atoms with Crippen molar-refractivity contribution in [2.45, 2.75) is 26.1 Å². The van der Waals surface area contributed by atoms with Crippen molar-refractivity contribution in [3.8, 4) is 0 Å². The quantitative estimate of drug-likeness (QED) is 0.655. The SMILES string of the molecule is Cc1cc(C(Cl)c2cc(C)c(F)c(C)c2)c(F)cc1F. The van der Waals surface area contributed by atoms with Crippen LogP contribution in [0.25, 0.3) is 0 Å². The lowest BCUT2D eigenvalue weighted by atomic mass is 9.98. The number of aryl methyl sites for hydroxylation is 3. The Labute approximate surface area is 121 Å². The zero-order chi connectivity index (χ0) is 15.0. The highest BCUT2D eigenvalue weighted by Gasteiger charge is 2.19. The molecule has 1 unspecified atom stereocenters. The number of hydrogen-bond donors (Lipinski definition) is 0. The zero-order valence-corrected chi connectivity index (χ0v) is 12.2. The lowest BCUT2D eigenvalue weighted by molar-refractivity contribution is 0.568. The molecule has 0 aliphatic carbocycles. The van der Waals surface area contributed by atoms with Gasteiger partial charge in [0.2, 0.25) is 0 Å². The van der Waals surface area contributed by atoms with Gasteiger partial charge in [0, 0.05) is 11.6 Å². The summed E-state index contributed by atoms with van der Waals surface area (Å²) in [5.74, 6) is -1.61. The van der Waals surface area contributed by atoms with E-state index in [-0.39, 0.29) is 11.4 Å². The minimum atomic E-state index is -0.785. The summed E-state index contributed by atoms with van der Waals surface area (Å²) in [6.45, 7) is 4.80. The second-order valence-corrected chi connectivity index (χ2v) is 5.39. The molecule has 0 radical (unpaired) electrons. The molecule has 106 valence electrons. The van der Waals surface area contributed by atoms with Crippen molar-refractivity contribution in [3.05, 3.63) is 69.5 Å². The van der Waals surface area contributed by atoms with Crippen molar-refractivity contribution < 1.29 is 13.2 Å². The van der Waals surface area contributed by atoms with Gasteiger partial charge in [-0.3, -0.25) is 0 Å². The molecule has 0 amide bonds. The van der Waals surface area contributed by atoms with Crippen molar-refractivity contribution in [1.82, 2.24) is 0 Å².